The summed E-state index contributed by atoms with van der Waals surface area (Å²) < 4.78 is 0. The van der Waals surface area contributed by atoms with Crippen LogP contribution in [0.15, 0.2) is 255 Å². The summed E-state index contributed by atoms with van der Waals surface area (Å²) in [5.41, 5.74) is 12.1. The molecule has 0 N–H and O–H groups in total. The summed E-state index contributed by atoms with van der Waals surface area (Å²) in [4.78, 5) is 9.34. The van der Waals surface area contributed by atoms with Gasteiger partial charge in [-0.2, -0.15) is 0 Å². The van der Waals surface area contributed by atoms with Crippen LogP contribution in [-0.4, -0.2) is 6.04 Å². The van der Waals surface area contributed by atoms with E-state index < -0.39 is 0 Å². The smallest absolute Gasteiger partial charge is 0.0561 e. The second kappa shape index (κ2) is 18.1. The van der Waals surface area contributed by atoms with E-state index in [-0.39, 0.29) is 6.04 Å². The minimum absolute atomic E-state index is 0.143. The van der Waals surface area contributed by atoms with Gasteiger partial charge in [0.1, 0.15) is 0 Å². The SMILES string of the molecule is C=C/C=C(\C=C)N(C1=CCCC=C1)c1ccc(N(C2=CCC(N(c3ccccc3)c3ccccc3)C=C2)c2ccc(N(c3ccccc3)c3ccccc3)cc2)cc1. The Hall–Kier alpha value is -7.30. The summed E-state index contributed by atoms with van der Waals surface area (Å²) in [6, 6.07) is 60.3. The maximum absolute atomic E-state index is 4.14. The van der Waals surface area contributed by atoms with Crippen molar-refractivity contribution in [2.45, 2.75) is 25.3 Å². The number of para-hydroxylation sites is 4. The average Bonchev–Trinajstić information content (AvgIpc) is 3.30. The third-order valence-corrected chi connectivity index (χ3v) is 10.5. The molecule has 0 bridgehead atoms. The number of rotatable bonds is 14. The fourth-order valence-electron chi connectivity index (χ4n) is 7.78. The maximum Gasteiger partial charge on any atom is 0.0561 e. The van der Waals surface area contributed by atoms with E-state index in [9.17, 15) is 0 Å². The number of anilines is 8. The molecule has 8 rings (SSSR count). The molecule has 0 heterocycles. The molecule has 2 aliphatic carbocycles. The molecule has 4 heteroatoms. The van der Waals surface area contributed by atoms with Gasteiger partial charge in [-0.3, -0.25) is 0 Å². The summed E-state index contributed by atoms with van der Waals surface area (Å²) in [6.45, 7) is 8.12. The second-order valence-corrected chi connectivity index (χ2v) is 14.2. The first-order valence-electron chi connectivity index (χ1n) is 20.0. The van der Waals surface area contributed by atoms with Crippen LogP contribution in [0.2, 0.25) is 0 Å². The highest BCUT2D eigenvalue weighted by atomic mass is 15.2. The van der Waals surface area contributed by atoms with Crippen LogP contribution < -0.4 is 19.6 Å². The van der Waals surface area contributed by atoms with Gasteiger partial charge in [-0.15, -0.1) is 0 Å². The minimum Gasteiger partial charge on any atom is -0.334 e. The van der Waals surface area contributed by atoms with Crippen molar-refractivity contribution in [1.29, 1.82) is 0 Å². The maximum atomic E-state index is 4.14. The van der Waals surface area contributed by atoms with Gasteiger partial charge in [-0.1, -0.05) is 116 Å². The van der Waals surface area contributed by atoms with Crippen molar-refractivity contribution in [1.82, 2.24) is 0 Å². The van der Waals surface area contributed by atoms with Gasteiger partial charge in [0.2, 0.25) is 0 Å². The van der Waals surface area contributed by atoms with Crippen molar-refractivity contribution in [3.8, 4) is 0 Å². The Bertz CT molecular complexity index is 2370. The zero-order chi connectivity index (χ0) is 39.5. The largest absolute Gasteiger partial charge is 0.334 e. The van der Waals surface area contributed by atoms with Gasteiger partial charge < -0.3 is 19.6 Å². The predicted octanol–water partition coefficient (Wildman–Crippen LogP) is 14.6. The van der Waals surface area contributed by atoms with Crippen LogP contribution in [-0.2, 0) is 0 Å². The monoisotopic (exact) mass is 752 g/mol. The van der Waals surface area contributed by atoms with E-state index in [1.165, 1.54) is 11.4 Å². The van der Waals surface area contributed by atoms with E-state index in [0.29, 0.717) is 0 Å². The van der Waals surface area contributed by atoms with Crippen LogP contribution in [0.5, 0.6) is 0 Å². The predicted molar refractivity (Wildman–Crippen MR) is 248 cm³/mol. The zero-order valence-corrected chi connectivity index (χ0v) is 32.8. The van der Waals surface area contributed by atoms with Crippen LogP contribution in [0, 0.1) is 0 Å². The van der Waals surface area contributed by atoms with Crippen LogP contribution in [0.3, 0.4) is 0 Å². The van der Waals surface area contributed by atoms with Crippen LogP contribution in [0.25, 0.3) is 0 Å². The van der Waals surface area contributed by atoms with E-state index in [4.69, 9.17) is 0 Å². The topological polar surface area (TPSA) is 13.0 Å². The van der Waals surface area contributed by atoms with Crippen LogP contribution in [0.1, 0.15) is 19.3 Å². The van der Waals surface area contributed by atoms with Gasteiger partial charge in [0.05, 0.1) is 6.04 Å². The summed E-state index contributed by atoms with van der Waals surface area (Å²) in [5, 5.41) is 0. The molecule has 0 aromatic heterocycles. The summed E-state index contributed by atoms with van der Waals surface area (Å²) in [6.07, 6.45) is 22.3. The molecular weight excluding hydrogens is 705 g/mol. The molecule has 0 fully saturated rings. The molecule has 1 unspecified atom stereocenters. The Morgan fingerprint density at radius 2 is 0.931 bits per heavy atom. The lowest BCUT2D eigenvalue weighted by Gasteiger charge is -2.35. The van der Waals surface area contributed by atoms with Gasteiger partial charge in [-0.05, 0) is 141 Å². The second-order valence-electron chi connectivity index (χ2n) is 14.2. The number of nitrogens with zero attached hydrogens (tertiary/aromatic N) is 4. The highest BCUT2D eigenvalue weighted by molar-refractivity contribution is 5.80. The molecule has 4 nitrogen and oxygen atoms in total. The molecule has 0 saturated carbocycles. The number of hydrogen-bond acceptors (Lipinski definition) is 4. The van der Waals surface area contributed by atoms with Gasteiger partial charge in [0.15, 0.2) is 0 Å². The summed E-state index contributed by atoms with van der Waals surface area (Å²) >= 11 is 0. The first-order valence-corrected chi connectivity index (χ1v) is 20.0. The van der Waals surface area contributed by atoms with Gasteiger partial charge >= 0.3 is 0 Å². The van der Waals surface area contributed by atoms with Gasteiger partial charge in [-0.25, -0.2) is 0 Å². The zero-order valence-electron chi connectivity index (χ0n) is 32.8. The molecule has 1 atom stereocenters. The molecule has 0 amide bonds. The normalized spacial score (nSPS) is 14.8. The Kier molecular flexibility index (Phi) is 11.7. The lowest BCUT2D eigenvalue weighted by Crippen LogP contribution is -2.31. The van der Waals surface area contributed by atoms with Gasteiger partial charge in [0.25, 0.3) is 0 Å². The third kappa shape index (κ3) is 8.28. The highest BCUT2D eigenvalue weighted by Gasteiger charge is 2.24. The van der Waals surface area contributed by atoms with Crippen molar-refractivity contribution in [3.05, 3.63) is 255 Å². The number of benzene rings is 6. The number of hydrogen-bond donors (Lipinski definition) is 0. The lowest BCUT2D eigenvalue weighted by molar-refractivity contribution is 0.777. The first kappa shape index (κ1) is 37.6. The van der Waals surface area contributed by atoms with E-state index in [0.717, 1.165) is 70.5 Å². The molecule has 6 aromatic rings. The molecule has 6 aromatic carbocycles. The Morgan fingerprint density at radius 3 is 1.36 bits per heavy atom. The van der Waals surface area contributed by atoms with Crippen LogP contribution in [0.4, 0.5) is 45.5 Å². The average molecular weight is 753 g/mol. The fraction of sp³-hybridized carbons (Fsp3) is 0.0741. The number of allylic oxidation sites excluding steroid dienone is 7. The Balaban J connectivity index is 1.18. The molecule has 284 valence electrons. The molecule has 0 radical (unpaired) electrons. The van der Waals surface area contributed by atoms with Crippen LogP contribution >= 0.6 is 0 Å². The first-order chi connectivity index (χ1) is 28.7. The summed E-state index contributed by atoms with van der Waals surface area (Å²) in [5.74, 6) is 0. The van der Waals surface area contributed by atoms with Gasteiger partial charge in [0, 0.05) is 62.6 Å². The quantitative estimate of drug-likeness (QED) is 0.103. The molecule has 58 heavy (non-hydrogen) atoms. The van der Waals surface area contributed by atoms with Crippen molar-refractivity contribution in [3.63, 3.8) is 0 Å². The molecule has 0 spiro atoms. The van der Waals surface area contributed by atoms with E-state index in [2.05, 4.69) is 239 Å². The van der Waals surface area contributed by atoms with Crippen molar-refractivity contribution in [2.24, 2.45) is 0 Å². The Morgan fingerprint density at radius 1 is 0.466 bits per heavy atom. The molecule has 0 saturated heterocycles. The van der Waals surface area contributed by atoms with E-state index in [1.54, 1.807) is 0 Å². The fourth-order valence-corrected chi connectivity index (χ4v) is 7.78. The summed E-state index contributed by atoms with van der Waals surface area (Å²) in [7, 11) is 0. The molecule has 2 aliphatic rings. The Labute approximate surface area is 343 Å². The minimum atomic E-state index is 0.143. The van der Waals surface area contributed by atoms with Crippen molar-refractivity contribution >= 4 is 45.5 Å². The lowest BCUT2D eigenvalue weighted by atomic mass is 10.0. The highest BCUT2D eigenvalue weighted by Crippen LogP contribution is 2.40. The molecule has 0 aliphatic heterocycles. The standard InChI is InChI=1S/C54H48N4/c1-3-20-43(4-2)55(44-21-10-5-11-22-44)49-31-33-52(34-32-49)58(53-39-35-50(36-40-53)56(45-23-12-6-13-24-45)46-25-14-7-15-26-46)54-41-37-51(38-42-54)57(47-27-16-8-17-28-47)48-29-18-9-19-30-48/h3-4,6-10,12-37,39-42,51H,1-2,5,11,38H2/b43-20+. The van der Waals surface area contributed by atoms with Crippen molar-refractivity contribution in [2.75, 3.05) is 19.6 Å². The van der Waals surface area contributed by atoms with E-state index >= 15 is 0 Å². The third-order valence-electron chi connectivity index (χ3n) is 10.5. The molecular formula is C54H48N4. The van der Waals surface area contributed by atoms with E-state index in [1.807, 2.05) is 18.2 Å². The van der Waals surface area contributed by atoms with Crippen molar-refractivity contribution < 1.29 is 0 Å².